The summed E-state index contributed by atoms with van der Waals surface area (Å²) >= 11 is 0. The van der Waals surface area contributed by atoms with Gasteiger partial charge >= 0.3 is 0 Å². The average molecular weight is 293 g/mol. The van der Waals surface area contributed by atoms with E-state index in [1.165, 1.54) is 12.1 Å². The van der Waals surface area contributed by atoms with Gasteiger partial charge in [0.2, 0.25) is 0 Å². The van der Waals surface area contributed by atoms with Gasteiger partial charge in [0.25, 0.3) is 0 Å². The van der Waals surface area contributed by atoms with Crippen LogP contribution in [0.4, 0.5) is 10.1 Å². The van der Waals surface area contributed by atoms with Crippen molar-refractivity contribution >= 4 is 15.5 Å². The summed E-state index contributed by atoms with van der Waals surface area (Å²) in [5.74, 6) is -0.472. The third-order valence-electron chi connectivity index (χ3n) is 3.01. The van der Waals surface area contributed by atoms with E-state index in [-0.39, 0.29) is 16.6 Å². The van der Waals surface area contributed by atoms with Gasteiger partial charge in [-0.3, -0.25) is 0 Å². The first kappa shape index (κ1) is 14.5. The van der Waals surface area contributed by atoms with Gasteiger partial charge in [-0.15, -0.1) is 0 Å². The highest BCUT2D eigenvalue weighted by molar-refractivity contribution is 7.90. The lowest BCUT2D eigenvalue weighted by molar-refractivity contribution is 0.600. The van der Waals surface area contributed by atoms with Gasteiger partial charge in [-0.2, -0.15) is 0 Å². The molecule has 0 radical (unpaired) electrons. The van der Waals surface area contributed by atoms with E-state index in [1.54, 1.807) is 0 Å². The molecule has 1 atom stereocenters. The summed E-state index contributed by atoms with van der Waals surface area (Å²) in [7, 11) is -3.41. The van der Waals surface area contributed by atoms with E-state index >= 15 is 0 Å². The first-order chi connectivity index (χ1) is 9.38. The second-order valence-electron chi connectivity index (χ2n) is 4.69. The van der Waals surface area contributed by atoms with Crippen LogP contribution < -0.4 is 5.32 Å². The number of benzene rings is 2. The fourth-order valence-corrected chi connectivity index (χ4v) is 2.83. The summed E-state index contributed by atoms with van der Waals surface area (Å²) < 4.78 is 36.8. The molecule has 20 heavy (non-hydrogen) atoms. The zero-order chi connectivity index (χ0) is 14.8. The molecule has 0 saturated carbocycles. The van der Waals surface area contributed by atoms with Crippen molar-refractivity contribution in [1.29, 1.82) is 0 Å². The molecule has 1 unspecified atom stereocenters. The molecule has 2 aromatic carbocycles. The summed E-state index contributed by atoms with van der Waals surface area (Å²) in [4.78, 5) is 0.0988. The van der Waals surface area contributed by atoms with Crippen LogP contribution in [0, 0.1) is 5.82 Å². The number of anilines is 1. The summed E-state index contributed by atoms with van der Waals surface area (Å²) in [5, 5.41) is 3.05. The maximum Gasteiger partial charge on any atom is 0.177 e. The van der Waals surface area contributed by atoms with Gasteiger partial charge < -0.3 is 5.32 Å². The molecule has 0 fully saturated rings. The van der Waals surface area contributed by atoms with E-state index in [0.29, 0.717) is 0 Å². The van der Waals surface area contributed by atoms with Crippen LogP contribution in [0.25, 0.3) is 0 Å². The third-order valence-corrected chi connectivity index (χ3v) is 4.17. The Bertz CT molecular complexity index is 699. The van der Waals surface area contributed by atoms with Crippen LogP contribution in [0.5, 0.6) is 0 Å². The number of sulfone groups is 1. The van der Waals surface area contributed by atoms with Gasteiger partial charge in [0, 0.05) is 12.3 Å². The molecule has 0 aromatic heterocycles. The molecule has 3 nitrogen and oxygen atoms in total. The van der Waals surface area contributed by atoms with Gasteiger partial charge in [0.05, 0.1) is 10.6 Å². The minimum atomic E-state index is -3.41. The van der Waals surface area contributed by atoms with Crippen molar-refractivity contribution in [2.24, 2.45) is 0 Å². The molecule has 0 heterocycles. The van der Waals surface area contributed by atoms with Crippen LogP contribution in [0.3, 0.4) is 0 Å². The Kier molecular flexibility index (Phi) is 4.09. The highest BCUT2D eigenvalue weighted by Gasteiger charge is 2.16. The SMILES string of the molecule is CC(Nc1cc(F)ccc1S(C)(=O)=O)c1ccccc1. The van der Waals surface area contributed by atoms with Crippen molar-refractivity contribution in [1.82, 2.24) is 0 Å². The molecule has 0 amide bonds. The van der Waals surface area contributed by atoms with Gasteiger partial charge in [-0.25, -0.2) is 12.8 Å². The Balaban J connectivity index is 2.36. The number of nitrogens with one attached hydrogen (secondary N) is 1. The van der Waals surface area contributed by atoms with Crippen molar-refractivity contribution < 1.29 is 12.8 Å². The smallest absolute Gasteiger partial charge is 0.177 e. The highest BCUT2D eigenvalue weighted by Crippen LogP contribution is 2.26. The normalized spacial score (nSPS) is 12.9. The molecule has 0 aliphatic heterocycles. The van der Waals surface area contributed by atoms with Gasteiger partial charge in [-0.1, -0.05) is 30.3 Å². The second-order valence-corrected chi connectivity index (χ2v) is 6.67. The Morgan fingerprint density at radius 2 is 1.75 bits per heavy atom. The number of halogens is 1. The Hall–Kier alpha value is -1.88. The number of rotatable bonds is 4. The number of hydrogen-bond acceptors (Lipinski definition) is 3. The first-order valence-corrected chi connectivity index (χ1v) is 8.08. The topological polar surface area (TPSA) is 46.2 Å². The molecule has 0 aliphatic carbocycles. The molecule has 0 aliphatic rings. The van der Waals surface area contributed by atoms with E-state index in [9.17, 15) is 12.8 Å². The summed E-state index contributed by atoms with van der Waals surface area (Å²) in [5.41, 5.74) is 1.28. The van der Waals surface area contributed by atoms with Crippen LogP contribution in [0.2, 0.25) is 0 Å². The van der Waals surface area contributed by atoms with E-state index < -0.39 is 15.7 Å². The molecule has 5 heteroatoms. The van der Waals surface area contributed by atoms with Crippen molar-refractivity contribution in [2.75, 3.05) is 11.6 Å². The lowest BCUT2D eigenvalue weighted by Gasteiger charge is -2.18. The van der Waals surface area contributed by atoms with Crippen LogP contribution in [0.15, 0.2) is 53.4 Å². The van der Waals surface area contributed by atoms with Crippen LogP contribution in [-0.2, 0) is 9.84 Å². The Morgan fingerprint density at radius 1 is 1.10 bits per heavy atom. The molecular formula is C15H16FNO2S. The summed E-state index contributed by atoms with van der Waals surface area (Å²) in [6, 6.07) is 13.1. The monoisotopic (exact) mass is 293 g/mol. The Labute approximate surface area is 118 Å². The van der Waals surface area contributed by atoms with Crippen LogP contribution in [-0.4, -0.2) is 14.7 Å². The molecule has 106 valence electrons. The van der Waals surface area contributed by atoms with Crippen molar-refractivity contribution in [3.8, 4) is 0 Å². The van der Waals surface area contributed by atoms with E-state index in [1.807, 2.05) is 37.3 Å². The molecule has 0 spiro atoms. The average Bonchev–Trinajstić information content (AvgIpc) is 2.38. The minimum Gasteiger partial charge on any atom is -0.377 e. The standard InChI is InChI=1S/C15H16FNO2S/c1-11(12-6-4-3-5-7-12)17-14-10-13(16)8-9-15(14)20(2,18)19/h3-11,17H,1-2H3. The van der Waals surface area contributed by atoms with Gasteiger partial charge in [0.1, 0.15) is 5.82 Å². The van der Waals surface area contributed by atoms with Crippen LogP contribution in [0.1, 0.15) is 18.5 Å². The number of hydrogen-bond donors (Lipinski definition) is 1. The Morgan fingerprint density at radius 3 is 2.35 bits per heavy atom. The largest absolute Gasteiger partial charge is 0.377 e. The predicted octanol–water partition coefficient (Wildman–Crippen LogP) is 3.40. The summed E-state index contributed by atoms with van der Waals surface area (Å²) in [6.07, 6.45) is 1.11. The third kappa shape index (κ3) is 3.36. The lowest BCUT2D eigenvalue weighted by atomic mass is 10.1. The quantitative estimate of drug-likeness (QED) is 0.879. The molecular weight excluding hydrogens is 277 g/mol. The molecule has 2 rings (SSSR count). The highest BCUT2D eigenvalue weighted by atomic mass is 32.2. The maximum absolute atomic E-state index is 13.4. The van der Waals surface area contributed by atoms with Crippen molar-refractivity contribution in [3.05, 3.63) is 59.9 Å². The predicted molar refractivity (Wildman–Crippen MR) is 78.0 cm³/mol. The van der Waals surface area contributed by atoms with Crippen molar-refractivity contribution in [2.45, 2.75) is 17.9 Å². The van der Waals surface area contributed by atoms with E-state index in [4.69, 9.17) is 0 Å². The van der Waals surface area contributed by atoms with Gasteiger partial charge in [0.15, 0.2) is 9.84 Å². The zero-order valence-electron chi connectivity index (χ0n) is 11.3. The van der Waals surface area contributed by atoms with Gasteiger partial charge in [-0.05, 0) is 30.7 Å². The second kappa shape index (κ2) is 5.63. The first-order valence-electron chi connectivity index (χ1n) is 6.19. The lowest BCUT2D eigenvalue weighted by Crippen LogP contribution is -2.10. The summed E-state index contributed by atoms with van der Waals surface area (Å²) in [6.45, 7) is 1.90. The molecule has 0 bridgehead atoms. The van der Waals surface area contributed by atoms with E-state index in [2.05, 4.69) is 5.32 Å². The fraction of sp³-hybridized carbons (Fsp3) is 0.200. The molecule has 0 saturated heterocycles. The molecule has 2 aromatic rings. The fourth-order valence-electron chi connectivity index (χ4n) is 2.00. The zero-order valence-corrected chi connectivity index (χ0v) is 12.1. The van der Waals surface area contributed by atoms with Crippen LogP contribution >= 0.6 is 0 Å². The minimum absolute atomic E-state index is 0.0988. The van der Waals surface area contributed by atoms with Crippen molar-refractivity contribution in [3.63, 3.8) is 0 Å². The maximum atomic E-state index is 13.4. The van der Waals surface area contributed by atoms with E-state index in [0.717, 1.165) is 17.9 Å². The molecule has 1 N–H and O–H groups in total.